The molecule has 0 saturated carbocycles. The van der Waals surface area contributed by atoms with Crippen LogP contribution in [0.4, 0.5) is 5.69 Å². The van der Waals surface area contributed by atoms with Crippen LogP contribution in [0.25, 0.3) is 0 Å². The highest BCUT2D eigenvalue weighted by Gasteiger charge is 2.29. The van der Waals surface area contributed by atoms with Crippen molar-refractivity contribution in [1.29, 1.82) is 5.26 Å². The number of amides is 1. The maximum Gasteiger partial charge on any atom is 0.242 e. The van der Waals surface area contributed by atoms with Crippen molar-refractivity contribution in [1.82, 2.24) is 5.32 Å². The number of thioether (sulfide) groups is 1. The Bertz CT molecular complexity index is 538. The molecule has 0 aliphatic carbocycles. The summed E-state index contributed by atoms with van der Waals surface area (Å²) in [5, 5.41) is 12.2. The van der Waals surface area contributed by atoms with E-state index >= 15 is 0 Å². The topological polar surface area (TPSA) is 56.1 Å². The number of carbonyl (C=O) groups is 1. The molecule has 1 fully saturated rings. The molecule has 1 saturated heterocycles. The van der Waals surface area contributed by atoms with Crippen LogP contribution < -0.4 is 10.2 Å². The number of nitrogens with one attached hydrogen (secondary N) is 1. The summed E-state index contributed by atoms with van der Waals surface area (Å²) < 4.78 is 0. The first kappa shape index (κ1) is 14.7. The van der Waals surface area contributed by atoms with E-state index in [4.69, 9.17) is 0 Å². The Morgan fingerprint density at radius 2 is 2.30 bits per heavy atom. The van der Waals surface area contributed by atoms with E-state index in [2.05, 4.69) is 16.3 Å². The molecule has 0 spiro atoms. The van der Waals surface area contributed by atoms with E-state index in [-0.39, 0.29) is 11.9 Å². The highest BCUT2D eigenvalue weighted by molar-refractivity contribution is 7.98. The summed E-state index contributed by atoms with van der Waals surface area (Å²) >= 11 is 1.56. The average Bonchev–Trinajstić information content (AvgIpc) is 2.53. The van der Waals surface area contributed by atoms with E-state index in [0.29, 0.717) is 5.56 Å². The second-order valence-corrected chi connectivity index (χ2v) is 5.63. The number of benzene rings is 1. The van der Waals surface area contributed by atoms with Crippen molar-refractivity contribution in [2.45, 2.75) is 30.2 Å². The number of piperidine rings is 1. The van der Waals surface area contributed by atoms with E-state index in [1.54, 1.807) is 18.8 Å². The van der Waals surface area contributed by atoms with E-state index in [1.807, 2.05) is 24.5 Å². The number of rotatable bonds is 3. The molecule has 1 N–H and O–H groups in total. The smallest absolute Gasteiger partial charge is 0.242 e. The SMILES string of the molecule is CNC(=O)C1CCCCN1c1cccc(SC)c1C#N. The Morgan fingerprint density at radius 1 is 1.50 bits per heavy atom. The van der Waals surface area contributed by atoms with Gasteiger partial charge in [0, 0.05) is 18.5 Å². The van der Waals surface area contributed by atoms with Crippen molar-refractivity contribution < 1.29 is 4.79 Å². The van der Waals surface area contributed by atoms with E-state index in [0.717, 1.165) is 36.4 Å². The lowest BCUT2D eigenvalue weighted by Crippen LogP contribution is -2.49. The van der Waals surface area contributed by atoms with Gasteiger partial charge in [-0.25, -0.2) is 0 Å². The Labute approximate surface area is 124 Å². The molecule has 0 bridgehead atoms. The summed E-state index contributed by atoms with van der Waals surface area (Å²) in [5.41, 5.74) is 1.56. The van der Waals surface area contributed by atoms with Gasteiger partial charge in [0.15, 0.2) is 0 Å². The Kier molecular flexibility index (Phi) is 4.91. The van der Waals surface area contributed by atoms with Crippen molar-refractivity contribution in [3.8, 4) is 6.07 Å². The summed E-state index contributed by atoms with van der Waals surface area (Å²) in [6.07, 6.45) is 4.92. The third-order valence-corrected chi connectivity index (χ3v) is 4.48. The first-order valence-electron chi connectivity index (χ1n) is 6.78. The van der Waals surface area contributed by atoms with E-state index in [1.165, 1.54) is 0 Å². The minimum atomic E-state index is -0.169. The number of hydrogen-bond donors (Lipinski definition) is 1. The molecule has 1 aromatic carbocycles. The average molecular weight is 289 g/mol. The van der Waals surface area contributed by atoms with Crippen molar-refractivity contribution in [2.75, 3.05) is 24.7 Å². The molecule has 4 nitrogen and oxygen atoms in total. The standard InChI is InChI=1S/C15H19N3OS/c1-17-15(19)13-6-3-4-9-18(13)12-7-5-8-14(20-2)11(12)10-16/h5,7-8,13H,3-4,6,9H2,1-2H3,(H,17,19). The van der Waals surface area contributed by atoms with E-state index in [9.17, 15) is 10.1 Å². The number of nitriles is 1. The molecule has 0 radical (unpaired) electrons. The summed E-state index contributed by atoms with van der Waals surface area (Å²) in [4.78, 5) is 15.1. The molecule has 0 aromatic heterocycles. The molecule has 1 heterocycles. The molecule has 1 atom stereocenters. The molecule has 1 aliphatic rings. The summed E-state index contributed by atoms with van der Waals surface area (Å²) in [6.45, 7) is 0.824. The van der Waals surface area contributed by atoms with Crippen molar-refractivity contribution in [3.05, 3.63) is 23.8 Å². The molecule has 5 heteroatoms. The van der Waals surface area contributed by atoms with E-state index < -0.39 is 0 Å². The van der Waals surface area contributed by atoms with Gasteiger partial charge in [-0.1, -0.05) is 6.07 Å². The van der Waals surface area contributed by atoms with Crippen LogP contribution in [0.15, 0.2) is 23.1 Å². The highest BCUT2D eigenvalue weighted by atomic mass is 32.2. The van der Waals surface area contributed by atoms with Gasteiger partial charge in [0.05, 0.1) is 11.3 Å². The zero-order valence-corrected chi connectivity index (χ0v) is 12.7. The molecule has 2 rings (SSSR count). The molecule has 20 heavy (non-hydrogen) atoms. The lowest BCUT2D eigenvalue weighted by molar-refractivity contribution is -0.122. The van der Waals surface area contributed by atoms with Gasteiger partial charge in [0.1, 0.15) is 12.1 Å². The van der Waals surface area contributed by atoms with Gasteiger partial charge in [-0.3, -0.25) is 4.79 Å². The fourth-order valence-corrected chi connectivity index (χ4v) is 3.27. The van der Waals surface area contributed by atoms with Gasteiger partial charge in [0.25, 0.3) is 0 Å². The van der Waals surface area contributed by atoms with Crippen LogP contribution in [0.5, 0.6) is 0 Å². The monoisotopic (exact) mass is 289 g/mol. The summed E-state index contributed by atoms with van der Waals surface area (Å²) in [5.74, 6) is 0.0307. The van der Waals surface area contributed by atoms with Gasteiger partial charge >= 0.3 is 0 Å². The van der Waals surface area contributed by atoms with Crippen LogP contribution in [0.1, 0.15) is 24.8 Å². The third-order valence-electron chi connectivity index (χ3n) is 3.70. The van der Waals surface area contributed by atoms with Gasteiger partial charge in [-0.15, -0.1) is 11.8 Å². The first-order valence-corrected chi connectivity index (χ1v) is 8.00. The van der Waals surface area contributed by atoms with Crippen LogP contribution in [0.2, 0.25) is 0 Å². The minimum absolute atomic E-state index is 0.0307. The zero-order chi connectivity index (χ0) is 14.5. The number of nitrogens with zero attached hydrogens (tertiary/aromatic N) is 2. The Morgan fingerprint density at radius 3 is 2.95 bits per heavy atom. The van der Waals surface area contributed by atoms with Gasteiger partial charge < -0.3 is 10.2 Å². The van der Waals surface area contributed by atoms with Crippen LogP contribution >= 0.6 is 11.8 Å². The predicted molar refractivity (Wildman–Crippen MR) is 82.0 cm³/mol. The molecule has 1 amide bonds. The fourth-order valence-electron chi connectivity index (χ4n) is 2.70. The number of likely N-dealkylation sites (N-methyl/N-ethyl adjacent to an activating group) is 1. The molecule has 106 valence electrons. The summed E-state index contributed by atoms with van der Waals surface area (Å²) in [6, 6.07) is 7.98. The number of hydrogen-bond acceptors (Lipinski definition) is 4. The zero-order valence-electron chi connectivity index (χ0n) is 11.8. The predicted octanol–water partition coefficient (Wildman–Crippen LogP) is 2.39. The van der Waals surface area contributed by atoms with Gasteiger partial charge in [-0.2, -0.15) is 5.26 Å². The Hall–Kier alpha value is -1.67. The van der Waals surface area contributed by atoms with Crippen LogP contribution in [0, 0.1) is 11.3 Å². The normalized spacial score (nSPS) is 18.4. The summed E-state index contributed by atoms with van der Waals surface area (Å²) in [7, 11) is 1.67. The second kappa shape index (κ2) is 6.67. The fraction of sp³-hybridized carbons (Fsp3) is 0.467. The molecular weight excluding hydrogens is 270 g/mol. The quantitative estimate of drug-likeness (QED) is 0.868. The molecule has 1 aliphatic heterocycles. The molecule has 1 aromatic rings. The van der Waals surface area contributed by atoms with Gasteiger partial charge in [0.2, 0.25) is 5.91 Å². The van der Waals surface area contributed by atoms with Crippen molar-refractivity contribution >= 4 is 23.4 Å². The number of anilines is 1. The molecular formula is C15H19N3OS. The van der Waals surface area contributed by atoms with Crippen molar-refractivity contribution in [3.63, 3.8) is 0 Å². The maximum absolute atomic E-state index is 12.1. The third kappa shape index (κ3) is 2.75. The van der Waals surface area contributed by atoms with Crippen LogP contribution in [0.3, 0.4) is 0 Å². The van der Waals surface area contributed by atoms with Crippen LogP contribution in [-0.2, 0) is 4.79 Å². The van der Waals surface area contributed by atoms with Crippen molar-refractivity contribution in [2.24, 2.45) is 0 Å². The van der Waals surface area contributed by atoms with Gasteiger partial charge in [-0.05, 0) is 37.7 Å². The highest BCUT2D eigenvalue weighted by Crippen LogP contribution is 2.32. The van der Waals surface area contributed by atoms with Crippen LogP contribution in [-0.4, -0.2) is 31.8 Å². The molecule has 1 unspecified atom stereocenters. The number of carbonyl (C=O) groups excluding carboxylic acids is 1. The second-order valence-electron chi connectivity index (χ2n) is 4.79. The Balaban J connectivity index is 2.43. The lowest BCUT2D eigenvalue weighted by atomic mass is 9.99. The first-order chi connectivity index (χ1) is 9.72. The minimum Gasteiger partial charge on any atom is -0.358 e. The lowest BCUT2D eigenvalue weighted by Gasteiger charge is -2.37. The maximum atomic E-state index is 12.1. The largest absolute Gasteiger partial charge is 0.358 e.